The van der Waals surface area contributed by atoms with Crippen LogP contribution < -0.4 is 5.32 Å². The van der Waals surface area contributed by atoms with Gasteiger partial charge in [0.1, 0.15) is 5.76 Å². The predicted molar refractivity (Wildman–Crippen MR) is 119 cm³/mol. The quantitative estimate of drug-likeness (QED) is 0.450. The van der Waals surface area contributed by atoms with Crippen molar-refractivity contribution in [3.63, 3.8) is 0 Å². The molecular weight excluding hydrogens is 382 g/mol. The van der Waals surface area contributed by atoms with Gasteiger partial charge in [-0.3, -0.25) is 9.89 Å². The Bertz CT molecular complexity index is 919. The van der Waals surface area contributed by atoms with Gasteiger partial charge in [0.25, 0.3) is 0 Å². The average molecular weight is 412 g/mol. The Balaban J connectivity index is 1.59. The molecule has 3 rings (SSSR count). The van der Waals surface area contributed by atoms with Gasteiger partial charge in [-0.15, -0.1) is 11.3 Å². The molecule has 0 bridgehead atoms. The normalized spacial score (nSPS) is 11.8. The SMILES string of the molecule is CN=C(NCc1ccccc1CN(C)Cc1ccco1)N(C)Cc1csc(C)n1. The van der Waals surface area contributed by atoms with Gasteiger partial charge in [0, 0.05) is 32.6 Å². The number of aliphatic imine (C=N–C) groups is 1. The third kappa shape index (κ3) is 6.17. The number of furan rings is 1. The van der Waals surface area contributed by atoms with Gasteiger partial charge in [-0.25, -0.2) is 4.98 Å². The van der Waals surface area contributed by atoms with E-state index in [1.54, 1.807) is 17.6 Å². The summed E-state index contributed by atoms with van der Waals surface area (Å²) < 4.78 is 5.46. The second-order valence-electron chi connectivity index (χ2n) is 7.14. The van der Waals surface area contributed by atoms with Gasteiger partial charge in [0.2, 0.25) is 0 Å². The summed E-state index contributed by atoms with van der Waals surface area (Å²) in [5, 5.41) is 6.67. The van der Waals surface area contributed by atoms with Crippen molar-refractivity contribution in [3.8, 4) is 0 Å². The van der Waals surface area contributed by atoms with Crippen molar-refractivity contribution in [2.24, 2.45) is 4.99 Å². The lowest BCUT2D eigenvalue weighted by molar-refractivity contribution is 0.287. The molecule has 2 aromatic heterocycles. The molecule has 7 heteroatoms. The van der Waals surface area contributed by atoms with Crippen LogP contribution in [-0.2, 0) is 26.2 Å². The lowest BCUT2D eigenvalue weighted by Crippen LogP contribution is -2.38. The van der Waals surface area contributed by atoms with E-state index >= 15 is 0 Å². The van der Waals surface area contributed by atoms with Gasteiger partial charge in [-0.05, 0) is 37.2 Å². The Kier molecular flexibility index (Phi) is 7.43. The highest BCUT2D eigenvalue weighted by molar-refractivity contribution is 7.09. The number of hydrogen-bond acceptors (Lipinski definition) is 5. The Labute approximate surface area is 176 Å². The van der Waals surface area contributed by atoms with Crippen LogP contribution in [0.15, 0.2) is 57.5 Å². The molecule has 3 aromatic rings. The Morgan fingerprint density at radius 1 is 1.10 bits per heavy atom. The van der Waals surface area contributed by atoms with Gasteiger partial charge >= 0.3 is 0 Å². The molecular formula is C22H29N5OS. The molecule has 0 amide bonds. The molecule has 0 aliphatic heterocycles. The van der Waals surface area contributed by atoms with E-state index in [2.05, 4.69) is 61.8 Å². The standard InChI is InChI=1S/C22H29N5OS/c1-17-25-20(16-29-17)14-27(4)22(23-2)24-12-18-8-5-6-9-19(18)13-26(3)15-21-10-7-11-28-21/h5-11,16H,12-15H2,1-4H3,(H,23,24). The van der Waals surface area contributed by atoms with Crippen LogP contribution in [0.3, 0.4) is 0 Å². The zero-order valence-corrected chi connectivity index (χ0v) is 18.4. The van der Waals surface area contributed by atoms with E-state index in [1.807, 2.05) is 33.2 Å². The molecule has 0 saturated heterocycles. The van der Waals surface area contributed by atoms with Gasteiger partial charge in [0.05, 0.1) is 30.1 Å². The summed E-state index contributed by atoms with van der Waals surface area (Å²) in [7, 11) is 5.95. The molecule has 0 saturated carbocycles. The number of aryl methyl sites for hydroxylation is 1. The maximum Gasteiger partial charge on any atom is 0.194 e. The number of nitrogens with zero attached hydrogens (tertiary/aromatic N) is 4. The summed E-state index contributed by atoms with van der Waals surface area (Å²) >= 11 is 1.68. The monoisotopic (exact) mass is 411 g/mol. The smallest absolute Gasteiger partial charge is 0.194 e. The van der Waals surface area contributed by atoms with Crippen molar-refractivity contribution < 1.29 is 4.42 Å². The van der Waals surface area contributed by atoms with Crippen LogP contribution in [0.5, 0.6) is 0 Å². The zero-order chi connectivity index (χ0) is 20.6. The van der Waals surface area contributed by atoms with E-state index in [9.17, 15) is 0 Å². The first-order valence-corrected chi connectivity index (χ1v) is 10.5. The molecule has 0 unspecified atom stereocenters. The minimum Gasteiger partial charge on any atom is -0.468 e. The predicted octanol–water partition coefficient (Wildman–Crippen LogP) is 3.88. The van der Waals surface area contributed by atoms with Gasteiger partial charge in [0.15, 0.2) is 5.96 Å². The number of benzene rings is 1. The molecule has 0 atom stereocenters. The van der Waals surface area contributed by atoms with Crippen LogP contribution in [0.4, 0.5) is 0 Å². The largest absolute Gasteiger partial charge is 0.468 e. The Morgan fingerprint density at radius 3 is 2.55 bits per heavy atom. The lowest BCUT2D eigenvalue weighted by atomic mass is 10.1. The lowest BCUT2D eigenvalue weighted by Gasteiger charge is -2.22. The van der Waals surface area contributed by atoms with Crippen LogP contribution in [0.2, 0.25) is 0 Å². The Hall–Kier alpha value is -2.64. The minimum atomic E-state index is 0.720. The fourth-order valence-electron chi connectivity index (χ4n) is 3.26. The molecule has 1 N–H and O–H groups in total. The fraction of sp³-hybridized carbons (Fsp3) is 0.364. The first-order chi connectivity index (χ1) is 14.0. The molecule has 1 aromatic carbocycles. The van der Waals surface area contributed by atoms with Crippen molar-refractivity contribution in [2.75, 3.05) is 21.1 Å². The maximum absolute atomic E-state index is 5.46. The van der Waals surface area contributed by atoms with Crippen molar-refractivity contribution in [1.29, 1.82) is 0 Å². The molecule has 6 nitrogen and oxygen atoms in total. The summed E-state index contributed by atoms with van der Waals surface area (Å²) in [5.41, 5.74) is 3.62. The molecule has 0 fully saturated rings. The summed E-state index contributed by atoms with van der Waals surface area (Å²) in [4.78, 5) is 13.3. The topological polar surface area (TPSA) is 56.9 Å². The van der Waals surface area contributed by atoms with Crippen LogP contribution in [0.1, 0.15) is 27.6 Å². The first-order valence-electron chi connectivity index (χ1n) is 9.65. The van der Waals surface area contributed by atoms with Gasteiger partial charge in [-0.2, -0.15) is 0 Å². The molecule has 0 spiro atoms. The molecule has 0 radical (unpaired) electrons. The van der Waals surface area contributed by atoms with Crippen molar-refractivity contribution >= 4 is 17.3 Å². The fourth-order valence-corrected chi connectivity index (χ4v) is 3.86. The van der Waals surface area contributed by atoms with E-state index in [-0.39, 0.29) is 0 Å². The van der Waals surface area contributed by atoms with Crippen molar-refractivity contribution in [1.82, 2.24) is 20.1 Å². The third-order valence-electron chi connectivity index (χ3n) is 4.64. The van der Waals surface area contributed by atoms with E-state index < -0.39 is 0 Å². The second-order valence-corrected chi connectivity index (χ2v) is 8.20. The molecule has 2 heterocycles. The Morgan fingerprint density at radius 2 is 1.90 bits per heavy atom. The minimum absolute atomic E-state index is 0.720. The van der Waals surface area contributed by atoms with Crippen molar-refractivity contribution in [3.05, 3.63) is 75.6 Å². The van der Waals surface area contributed by atoms with E-state index in [1.165, 1.54) is 11.1 Å². The molecule has 0 aliphatic rings. The number of aromatic nitrogens is 1. The highest BCUT2D eigenvalue weighted by Crippen LogP contribution is 2.14. The van der Waals surface area contributed by atoms with Crippen LogP contribution in [0.25, 0.3) is 0 Å². The van der Waals surface area contributed by atoms with Crippen LogP contribution in [-0.4, -0.2) is 41.9 Å². The second kappa shape index (κ2) is 10.2. The molecule has 29 heavy (non-hydrogen) atoms. The summed E-state index contributed by atoms with van der Waals surface area (Å²) in [6, 6.07) is 12.5. The van der Waals surface area contributed by atoms with E-state index in [0.29, 0.717) is 0 Å². The molecule has 0 aliphatic carbocycles. The number of nitrogens with one attached hydrogen (secondary N) is 1. The summed E-state index contributed by atoms with van der Waals surface area (Å²) in [6.45, 7) is 5.12. The number of guanidine groups is 1. The average Bonchev–Trinajstić information content (AvgIpc) is 3.35. The van der Waals surface area contributed by atoms with E-state index in [4.69, 9.17) is 4.42 Å². The number of rotatable bonds is 8. The maximum atomic E-state index is 5.46. The first kappa shape index (κ1) is 21.1. The zero-order valence-electron chi connectivity index (χ0n) is 17.6. The van der Waals surface area contributed by atoms with Crippen LogP contribution >= 0.6 is 11.3 Å². The molecule has 154 valence electrons. The van der Waals surface area contributed by atoms with Gasteiger partial charge < -0.3 is 14.6 Å². The number of thiazole rings is 1. The highest BCUT2D eigenvalue weighted by atomic mass is 32.1. The summed E-state index contributed by atoms with van der Waals surface area (Å²) in [6.07, 6.45) is 1.72. The van der Waals surface area contributed by atoms with Crippen LogP contribution in [0, 0.1) is 6.92 Å². The highest BCUT2D eigenvalue weighted by Gasteiger charge is 2.11. The third-order valence-corrected chi connectivity index (χ3v) is 5.46. The van der Waals surface area contributed by atoms with E-state index in [0.717, 1.165) is 48.6 Å². The number of hydrogen-bond donors (Lipinski definition) is 1. The van der Waals surface area contributed by atoms with Gasteiger partial charge in [-0.1, -0.05) is 24.3 Å². The van der Waals surface area contributed by atoms with Crippen molar-refractivity contribution in [2.45, 2.75) is 33.1 Å². The summed E-state index contributed by atoms with van der Waals surface area (Å²) in [5.74, 6) is 1.83.